The van der Waals surface area contributed by atoms with Gasteiger partial charge in [0.05, 0.1) is 6.42 Å². The van der Waals surface area contributed by atoms with Crippen molar-refractivity contribution in [3.05, 3.63) is 12.3 Å². The minimum absolute atomic E-state index is 0.903. The first-order valence-corrected chi connectivity index (χ1v) is 1.83. The van der Waals surface area contributed by atoms with Crippen LogP contribution in [0.1, 0.15) is 6.42 Å². The van der Waals surface area contributed by atoms with Crippen molar-refractivity contribution in [3.8, 4) is 0 Å². The molecule has 2 nitrogen and oxygen atoms in total. The van der Waals surface area contributed by atoms with Gasteiger partial charge in [-0.2, -0.15) is 4.84 Å². The van der Waals surface area contributed by atoms with E-state index in [-0.39, 0.29) is 0 Å². The molecule has 0 saturated carbocycles. The van der Waals surface area contributed by atoms with Gasteiger partial charge in [0.15, 0.2) is 6.26 Å². The van der Waals surface area contributed by atoms with Gasteiger partial charge in [-0.15, -0.1) is 0 Å². The molecule has 0 aromatic rings. The van der Waals surface area contributed by atoms with E-state index < -0.39 is 0 Å². The summed E-state index contributed by atoms with van der Waals surface area (Å²) in [7, 11) is 0. The van der Waals surface area contributed by atoms with Gasteiger partial charge in [-0.1, -0.05) is 0 Å². The normalized spacial score (nSPS) is 17.3. The number of allylic oxidation sites excluding steroid dienone is 1. The van der Waals surface area contributed by atoms with Gasteiger partial charge in [0, 0.05) is 0 Å². The summed E-state index contributed by atoms with van der Waals surface area (Å²) in [6.45, 7) is 0. The fraction of sp³-hybridized carbons (Fsp3) is 0.250. The molecule has 0 atom stereocenters. The average molecular weight is 83.1 g/mol. The SMILES string of the molecule is C1=CO[N+]=CC1. The van der Waals surface area contributed by atoms with Crippen LogP contribution >= 0.6 is 0 Å². The van der Waals surface area contributed by atoms with Gasteiger partial charge in [-0.25, -0.2) is 0 Å². The van der Waals surface area contributed by atoms with Gasteiger partial charge in [0.1, 0.15) is 0 Å². The molecule has 0 aromatic carbocycles. The predicted molar refractivity (Wildman–Crippen MR) is 23.0 cm³/mol. The highest BCUT2D eigenvalue weighted by Gasteiger charge is 1.92. The molecule has 0 saturated heterocycles. The van der Waals surface area contributed by atoms with Crippen LogP contribution < -0.4 is 5.16 Å². The van der Waals surface area contributed by atoms with Crippen LogP contribution in [0.3, 0.4) is 0 Å². The number of oxime groups is 1. The highest BCUT2D eigenvalue weighted by molar-refractivity contribution is 5.57. The van der Waals surface area contributed by atoms with Crippen LogP contribution in [0.4, 0.5) is 0 Å². The number of rotatable bonds is 0. The minimum atomic E-state index is 0.903. The maximum atomic E-state index is 4.46. The first kappa shape index (κ1) is 3.40. The Labute approximate surface area is 36.1 Å². The Morgan fingerprint density at radius 2 is 2.67 bits per heavy atom. The Balaban J connectivity index is 2.40. The first-order valence-electron chi connectivity index (χ1n) is 1.83. The van der Waals surface area contributed by atoms with Crippen LogP contribution in [0.2, 0.25) is 0 Å². The second-order valence-corrected chi connectivity index (χ2v) is 1.00. The lowest BCUT2D eigenvalue weighted by Crippen LogP contribution is -1.92. The summed E-state index contributed by atoms with van der Waals surface area (Å²) in [5.41, 5.74) is 0. The highest BCUT2D eigenvalue weighted by atomic mass is 16.6. The van der Waals surface area contributed by atoms with Crippen molar-refractivity contribution in [1.29, 1.82) is 0 Å². The molecule has 0 N–H and O–H groups in total. The van der Waals surface area contributed by atoms with E-state index in [0.717, 1.165) is 6.42 Å². The smallest absolute Gasteiger partial charge is 0.180 e. The number of hydrogen-bond acceptors (Lipinski definition) is 2. The van der Waals surface area contributed by atoms with Crippen molar-refractivity contribution in [2.45, 2.75) is 6.42 Å². The summed E-state index contributed by atoms with van der Waals surface area (Å²) < 4.78 is 0. The Bertz CT molecular complexity index is 65.5. The third-order valence-electron chi connectivity index (χ3n) is 0.534. The van der Waals surface area contributed by atoms with Crippen LogP contribution in [0.5, 0.6) is 0 Å². The molecule has 0 spiro atoms. The van der Waals surface area contributed by atoms with Gasteiger partial charge < -0.3 is 0 Å². The molecule has 1 heterocycles. The van der Waals surface area contributed by atoms with Crippen molar-refractivity contribution in [2.24, 2.45) is 0 Å². The summed E-state index contributed by atoms with van der Waals surface area (Å²) >= 11 is 0. The van der Waals surface area contributed by atoms with Gasteiger partial charge in [-0.05, 0) is 6.08 Å². The zero-order chi connectivity index (χ0) is 4.24. The lowest BCUT2D eigenvalue weighted by molar-refractivity contribution is 0.207. The average Bonchev–Trinajstić information content (AvgIpc) is 1.72. The first-order chi connectivity index (χ1) is 3.00. The topological polar surface area (TPSA) is 23.3 Å². The maximum absolute atomic E-state index is 4.46. The van der Waals surface area contributed by atoms with Crippen LogP contribution in [0, 0.1) is 0 Å². The fourth-order valence-electron chi connectivity index (χ4n) is 0.281. The quantitative estimate of drug-likeness (QED) is 0.411. The standard InChI is InChI=1S/C4H5NO/c1-2-4-6-5-3-1/h2-4H,1H2/q+1. The van der Waals surface area contributed by atoms with Crippen molar-refractivity contribution in [1.82, 2.24) is 5.16 Å². The van der Waals surface area contributed by atoms with Gasteiger partial charge >= 0.3 is 0 Å². The largest absolute Gasteiger partial charge is 0.291 e. The molecule has 0 unspecified atom stereocenters. The van der Waals surface area contributed by atoms with E-state index in [1.807, 2.05) is 6.08 Å². The van der Waals surface area contributed by atoms with E-state index in [2.05, 4.69) is 9.99 Å². The lowest BCUT2D eigenvalue weighted by atomic mass is 10.4. The molecular weight excluding hydrogens is 78.0 g/mol. The van der Waals surface area contributed by atoms with Crippen LogP contribution in [0.15, 0.2) is 12.3 Å². The zero-order valence-electron chi connectivity index (χ0n) is 3.29. The summed E-state index contributed by atoms with van der Waals surface area (Å²) in [5.74, 6) is 0. The third kappa shape index (κ3) is 0.578. The zero-order valence-corrected chi connectivity index (χ0v) is 3.29. The van der Waals surface area contributed by atoms with Crippen molar-refractivity contribution in [2.75, 3.05) is 0 Å². The molecule has 0 aliphatic carbocycles. The predicted octanol–water partition coefficient (Wildman–Crippen LogP) is 0.242. The molecule has 0 bridgehead atoms. The molecule has 6 heavy (non-hydrogen) atoms. The summed E-state index contributed by atoms with van der Waals surface area (Å²) in [6, 6.07) is 0. The van der Waals surface area contributed by atoms with E-state index in [1.165, 1.54) is 0 Å². The van der Waals surface area contributed by atoms with Gasteiger partial charge in [-0.3, -0.25) is 0 Å². The summed E-state index contributed by atoms with van der Waals surface area (Å²) in [6.07, 6.45) is 6.08. The summed E-state index contributed by atoms with van der Waals surface area (Å²) in [4.78, 5) is 4.46. The van der Waals surface area contributed by atoms with Crippen LogP contribution in [-0.4, -0.2) is 6.21 Å². The van der Waals surface area contributed by atoms with Crippen molar-refractivity contribution < 1.29 is 4.84 Å². The molecule has 31 valence electrons. The highest BCUT2D eigenvalue weighted by Crippen LogP contribution is 1.80. The number of hydrogen-bond donors (Lipinski definition) is 0. The van der Waals surface area contributed by atoms with Crippen LogP contribution in [-0.2, 0) is 4.84 Å². The van der Waals surface area contributed by atoms with Gasteiger partial charge in [0.25, 0.3) is 11.4 Å². The molecule has 0 fully saturated rings. The fourth-order valence-corrected chi connectivity index (χ4v) is 0.281. The van der Waals surface area contributed by atoms with E-state index in [9.17, 15) is 0 Å². The van der Waals surface area contributed by atoms with Crippen molar-refractivity contribution >= 4 is 6.21 Å². The molecule has 1 rings (SSSR count). The third-order valence-corrected chi connectivity index (χ3v) is 0.534. The Morgan fingerprint density at radius 1 is 1.67 bits per heavy atom. The van der Waals surface area contributed by atoms with E-state index in [1.54, 1.807) is 12.5 Å². The van der Waals surface area contributed by atoms with Crippen LogP contribution in [0.25, 0.3) is 0 Å². The maximum Gasteiger partial charge on any atom is 0.291 e. The van der Waals surface area contributed by atoms with E-state index >= 15 is 0 Å². The monoisotopic (exact) mass is 83.0 g/mol. The Kier molecular flexibility index (Phi) is 0.906. The molecule has 2 heteroatoms. The summed E-state index contributed by atoms with van der Waals surface area (Å²) in [5, 5.41) is 3.47. The molecule has 1 radical (unpaired) electrons. The van der Waals surface area contributed by atoms with Gasteiger partial charge in [0.2, 0.25) is 0 Å². The molecule has 1 aliphatic rings. The Morgan fingerprint density at radius 3 is 2.83 bits per heavy atom. The van der Waals surface area contributed by atoms with E-state index in [4.69, 9.17) is 0 Å². The Hall–Kier alpha value is -0.790. The second-order valence-electron chi connectivity index (χ2n) is 1.00. The molecule has 1 aliphatic heterocycles. The number of nitrogens with zero attached hydrogens (tertiary/aromatic N) is 1. The molecule has 0 aromatic heterocycles. The molecule has 0 amide bonds. The van der Waals surface area contributed by atoms with E-state index in [0.29, 0.717) is 0 Å². The molecular formula is C4H5NO+. The second kappa shape index (κ2) is 1.60. The lowest BCUT2D eigenvalue weighted by Gasteiger charge is -1.74. The minimum Gasteiger partial charge on any atom is -0.180 e. The van der Waals surface area contributed by atoms with Crippen molar-refractivity contribution in [3.63, 3.8) is 0 Å².